The van der Waals surface area contributed by atoms with E-state index in [1.54, 1.807) is 12.1 Å². The smallest absolute Gasteiger partial charge is 0.141 e. The molecular formula is C26H29ClFN3O2. The fourth-order valence-electron chi connectivity index (χ4n) is 4.35. The normalized spacial score (nSPS) is 11.5. The molecule has 0 bridgehead atoms. The van der Waals surface area contributed by atoms with E-state index in [1.807, 2.05) is 26.1 Å². The highest BCUT2D eigenvalue weighted by molar-refractivity contribution is 6.32. The van der Waals surface area contributed by atoms with Crippen LogP contribution in [0.5, 0.6) is 5.75 Å². The first-order valence-corrected chi connectivity index (χ1v) is 11.8. The molecule has 1 aromatic carbocycles. The van der Waals surface area contributed by atoms with E-state index in [9.17, 15) is 9.50 Å². The minimum atomic E-state index is -0.222. The third-order valence-electron chi connectivity index (χ3n) is 6.08. The summed E-state index contributed by atoms with van der Waals surface area (Å²) < 4.78 is 19.9. The second kappa shape index (κ2) is 10.4. The summed E-state index contributed by atoms with van der Waals surface area (Å²) in [4.78, 5) is 4.82. The van der Waals surface area contributed by atoms with Gasteiger partial charge in [0.15, 0.2) is 0 Å². The molecule has 0 saturated heterocycles. The molecule has 0 unspecified atom stereocenters. The molecule has 1 N–H and O–H groups in total. The first kappa shape index (κ1) is 23.3. The molecule has 0 saturated carbocycles. The van der Waals surface area contributed by atoms with Crippen LogP contribution in [0, 0.1) is 13.8 Å². The molecule has 0 aliphatic heterocycles. The number of aromatic hydroxyl groups is 1. The van der Waals surface area contributed by atoms with Crippen molar-refractivity contribution in [3.8, 4) is 28.0 Å². The minimum absolute atomic E-state index is 0.0607. The summed E-state index contributed by atoms with van der Waals surface area (Å²) >= 11 is 6.19. The fourth-order valence-corrected chi connectivity index (χ4v) is 4.53. The van der Waals surface area contributed by atoms with Crippen LogP contribution in [0.25, 0.3) is 33.3 Å². The Morgan fingerprint density at radius 1 is 1.03 bits per heavy atom. The maximum Gasteiger partial charge on any atom is 0.141 e. The topological polar surface area (TPSA) is 64.1 Å². The minimum Gasteiger partial charge on any atom is -0.506 e. The van der Waals surface area contributed by atoms with Gasteiger partial charge in [0.05, 0.1) is 28.4 Å². The molecule has 3 aromatic heterocycles. The highest BCUT2D eigenvalue weighted by Crippen LogP contribution is 2.36. The molecule has 174 valence electrons. The van der Waals surface area contributed by atoms with Crippen molar-refractivity contribution in [3.05, 3.63) is 53.1 Å². The predicted molar refractivity (Wildman–Crippen MR) is 130 cm³/mol. The van der Waals surface area contributed by atoms with E-state index in [-0.39, 0.29) is 12.4 Å². The van der Waals surface area contributed by atoms with E-state index >= 15 is 0 Å². The summed E-state index contributed by atoms with van der Waals surface area (Å²) in [6.45, 7) is 4.48. The Hall–Kier alpha value is -2.86. The number of fused-ring (bicyclic) bond motifs is 1. The van der Waals surface area contributed by atoms with Gasteiger partial charge in [0.1, 0.15) is 11.5 Å². The Labute approximate surface area is 198 Å². The average Bonchev–Trinajstić information content (AvgIpc) is 3.34. The monoisotopic (exact) mass is 469 g/mol. The van der Waals surface area contributed by atoms with E-state index in [1.165, 1.54) is 0 Å². The van der Waals surface area contributed by atoms with E-state index in [2.05, 4.69) is 22.0 Å². The summed E-state index contributed by atoms with van der Waals surface area (Å²) in [6.07, 6.45) is 9.91. The highest BCUT2D eigenvalue weighted by atomic mass is 35.5. The molecule has 3 heterocycles. The summed E-state index contributed by atoms with van der Waals surface area (Å²) in [5.74, 6) is 0.830. The Bertz CT molecular complexity index is 1230. The van der Waals surface area contributed by atoms with Gasteiger partial charge in [-0.3, -0.25) is 9.37 Å². The first-order chi connectivity index (χ1) is 16.0. The number of phenolic OH excluding ortho intramolecular Hbond substituents is 1. The fraction of sp³-hybridized carbons (Fsp3) is 0.385. The van der Waals surface area contributed by atoms with Crippen molar-refractivity contribution in [1.82, 2.24) is 14.7 Å². The van der Waals surface area contributed by atoms with Gasteiger partial charge < -0.3 is 14.2 Å². The maximum absolute atomic E-state index is 12.3. The number of unbranched alkanes of at least 4 members (excludes halogenated alkanes) is 5. The van der Waals surface area contributed by atoms with Crippen LogP contribution in [0.2, 0.25) is 5.02 Å². The zero-order valence-electron chi connectivity index (χ0n) is 19.1. The lowest BCUT2D eigenvalue weighted by Gasteiger charge is -2.07. The zero-order valence-corrected chi connectivity index (χ0v) is 19.8. The van der Waals surface area contributed by atoms with Crippen LogP contribution in [0.15, 0.2) is 41.2 Å². The molecule has 0 aliphatic carbocycles. The number of halogens is 2. The molecule has 4 aromatic rings. The third kappa shape index (κ3) is 5.06. The van der Waals surface area contributed by atoms with E-state index in [4.69, 9.17) is 21.1 Å². The van der Waals surface area contributed by atoms with E-state index in [0.29, 0.717) is 11.4 Å². The van der Waals surface area contributed by atoms with Crippen LogP contribution in [-0.4, -0.2) is 26.5 Å². The molecule has 0 aliphatic rings. The third-order valence-corrected chi connectivity index (χ3v) is 6.38. The number of hydrogen-bond donors (Lipinski definition) is 1. The number of hydrogen-bond acceptors (Lipinski definition) is 4. The second-order valence-electron chi connectivity index (χ2n) is 8.50. The van der Waals surface area contributed by atoms with Crippen LogP contribution in [0.4, 0.5) is 4.39 Å². The Balaban J connectivity index is 1.67. The van der Waals surface area contributed by atoms with Gasteiger partial charge in [0.2, 0.25) is 0 Å². The standard InChI is InChI=1S/C26H29ClFN3O2/c1-17-25(18(2)33-30-17)20-14-23-26(29-15-20)21(19-9-10-24(32)22(27)13-19)16-31(23)12-8-6-4-3-5-7-11-28/h9-10,13-16,32H,3-8,11-12H2,1-2H3. The summed E-state index contributed by atoms with van der Waals surface area (Å²) in [6, 6.07) is 7.37. The molecule has 5 nitrogen and oxygen atoms in total. The number of alkyl halides is 1. The average molecular weight is 470 g/mol. The Morgan fingerprint density at radius 2 is 1.79 bits per heavy atom. The number of aryl methyl sites for hydroxylation is 3. The summed E-state index contributed by atoms with van der Waals surface area (Å²) in [5.41, 5.74) is 6.58. The molecule has 7 heteroatoms. The number of benzene rings is 1. The van der Waals surface area contributed by atoms with Gasteiger partial charge in [-0.1, -0.05) is 48.5 Å². The van der Waals surface area contributed by atoms with Crippen LogP contribution >= 0.6 is 11.6 Å². The lowest BCUT2D eigenvalue weighted by atomic mass is 10.0. The van der Waals surface area contributed by atoms with Crippen LogP contribution in [0.3, 0.4) is 0 Å². The molecule has 0 fully saturated rings. The molecule has 0 spiro atoms. The highest BCUT2D eigenvalue weighted by Gasteiger charge is 2.17. The number of rotatable bonds is 10. The lowest BCUT2D eigenvalue weighted by molar-refractivity contribution is 0.393. The van der Waals surface area contributed by atoms with Crippen molar-refractivity contribution in [2.24, 2.45) is 0 Å². The van der Waals surface area contributed by atoms with Crippen molar-refractivity contribution in [2.75, 3.05) is 6.67 Å². The number of phenols is 1. The van der Waals surface area contributed by atoms with Gasteiger partial charge in [-0.15, -0.1) is 0 Å². The van der Waals surface area contributed by atoms with Gasteiger partial charge in [-0.2, -0.15) is 0 Å². The van der Waals surface area contributed by atoms with E-state index in [0.717, 1.165) is 83.4 Å². The number of pyridine rings is 1. The molecule has 0 radical (unpaired) electrons. The van der Waals surface area contributed by atoms with Gasteiger partial charge in [0.25, 0.3) is 0 Å². The summed E-state index contributed by atoms with van der Waals surface area (Å²) in [5, 5.41) is 14.2. The van der Waals surface area contributed by atoms with Crippen molar-refractivity contribution in [2.45, 2.75) is 58.9 Å². The quantitative estimate of drug-likeness (QED) is 0.242. The van der Waals surface area contributed by atoms with Crippen LogP contribution < -0.4 is 0 Å². The van der Waals surface area contributed by atoms with Crippen LogP contribution in [0.1, 0.15) is 50.0 Å². The molecule has 4 rings (SSSR count). The largest absolute Gasteiger partial charge is 0.506 e. The van der Waals surface area contributed by atoms with Crippen LogP contribution in [-0.2, 0) is 6.54 Å². The van der Waals surface area contributed by atoms with Crippen molar-refractivity contribution >= 4 is 22.6 Å². The Morgan fingerprint density at radius 3 is 2.48 bits per heavy atom. The van der Waals surface area contributed by atoms with Crippen molar-refractivity contribution in [1.29, 1.82) is 0 Å². The molecule has 0 amide bonds. The second-order valence-corrected chi connectivity index (χ2v) is 8.91. The zero-order chi connectivity index (χ0) is 23.4. The van der Waals surface area contributed by atoms with Crippen molar-refractivity contribution < 1.29 is 14.0 Å². The van der Waals surface area contributed by atoms with Crippen molar-refractivity contribution in [3.63, 3.8) is 0 Å². The van der Waals surface area contributed by atoms with Gasteiger partial charge >= 0.3 is 0 Å². The Kier molecular flexibility index (Phi) is 7.33. The molecule has 0 atom stereocenters. The maximum atomic E-state index is 12.3. The van der Waals surface area contributed by atoms with Gasteiger partial charge in [-0.25, -0.2) is 0 Å². The molecule has 33 heavy (non-hydrogen) atoms. The number of nitrogens with zero attached hydrogens (tertiary/aromatic N) is 3. The summed E-state index contributed by atoms with van der Waals surface area (Å²) in [7, 11) is 0. The molecular weight excluding hydrogens is 441 g/mol. The lowest BCUT2D eigenvalue weighted by Crippen LogP contribution is -1.97. The van der Waals surface area contributed by atoms with Gasteiger partial charge in [0, 0.05) is 35.6 Å². The first-order valence-electron chi connectivity index (χ1n) is 11.5. The van der Waals surface area contributed by atoms with E-state index < -0.39 is 0 Å². The SMILES string of the molecule is Cc1noc(C)c1-c1cnc2c(-c3ccc(O)c(Cl)c3)cn(CCCCCCCCF)c2c1. The number of aromatic nitrogens is 3. The predicted octanol–water partition coefficient (Wildman–Crippen LogP) is 7.64. The van der Waals surface area contributed by atoms with Gasteiger partial charge in [-0.05, 0) is 50.5 Å².